The van der Waals surface area contributed by atoms with Crippen LogP contribution in [0.25, 0.3) is 20.9 Å². The maximum atomic E-state index is 12.2. The van der Waals surface area contributed by atoms with E-state index in [4.69, 9.17) is 5.73 Å². The molecule has 0 saturated heterocycles. The van der Waals surface area contributed by atoms with E-state index >= 15 is 0 Å². The van der Waals surface area contributed by atoms with Crippen LogP contribution >= 0.6 is 11.3 Å². The molecular weight excluding hydrogens is 322 g/mol. The number of nitrogens with one attached hydrogen (secondary N) is 2. The highest BCUT2D eigenvalue weighted by atomic mass is 32.1. The molecule has 118 valence electrons. The molecule has 24 heavy (non-hydrogen) atoms. The van der Waals surface area contributed by atoms with Crippen molar-refractivity contribution in [3.05, 3.63) is 60.2 Å². The fraction of sp³-hybridized carbons (Fsp3) is 0. The number of nitrogens with two attached hydrogens (primary N) is 1. The lowest BCUT2D eigenvalue weighted by molar-refractivity contribution is 0.102. The Labute approximate surface area is 141 Å². The van der Waals surface area contributed by atoms with Gasteiger partial charge in [0.25, 0.3) is 5.91 Å². The Morgan fingerprint density at radius 3 is 2.58 bits per heavy atom. The van der Waals surface area contributed by atoms with Gasteiger partial charge in [-0.05, 0) is 24.3 Å². The number of aromatic nitrogens is 3. The second-order valence-electron chi connectivity index (χ2n) is 5.15. The van der Waals surface area contributed by atoms with Crippen molar-refractivity contribution in [2.45, 2.75) is 0 Å². The lowest BCUT2D eigenvalue weighted by Crippen LogP contribution is -2.12. The number of thiazole rings is 1. The van der Waals surface area contributed by atoms with E-state index in [1.54, 1.807) is 24.3 Å². The molecule has 4 aromatic rings. The zero-order chi connectivity index (χ0) is 16.5. The van der Waals surface area contributed by atoms with Crippen LogP contribution in [0, 0.1) is 0 Å². The Balaban J connectivity index is 1.64. The number of H-pyrrole nitrogens is 1. The van der Waals surface area contributed by atoms with Gasteiger partial charge < -0.3 is 10.7 Å². The summed E-state index contributed by atoms with van der Waals surface area (Å²) in [5.74, 6) is 0.355. The molecule has 7 heteroatoms. The topological polar surface area (TPSA) is 96.7 Å². The lowest BCUT2D eigenvalue weighted by Gasteiger charge is -2.00. The van der Waals surface area contributed by atoms with Crippen molar-refractivity contribution in [2.24, 2.45) is 0 Å². The van der Waals surface area contributed by atoms with Crippen LogP contribution in [0.1, 0.15) is 10.4 Å². The molecule has 0 bridgehead atoms. The molecule has 0 spiro atoms. The van der Waals surface area contributed by atoms with E-state index in [1.165, 1.54) is 11.3 Å². The Morgan fingerprint density at radius 2 is 1.79 bits per heavy atom. The Bertz CT molecular complexity index is 989. The number of aromatic amines is 1. The number of nitrogen functional groups attached to an aromatic ring is 1. The molecule has 0 fully saturated rings. The van der Waals surface area contributed by atoms with Crippen molar-refractivity contribution in [1.29, 1.82) is 0 Å². The van der Waals surface area contributed by atoms with Gasteiger partial charge in [-0.2, -0.15) is 4.98 Å². The van der Waals surface area contributed by atoms with Gasteiger partial charge in [-0.1, -0.05) is 30.3 Å². The molecule has 0 atom stereocenters. The van der Waals surface area contributed by atoms with Crippen molar-refractivity contribution in [2.75, 3.05) is 11.1 Å². The third-order valence-electron chi connectivity index (χ3n) is 3.51. The van der Waals surface area contributed by atoms with Crippen LogP contribution < -0.4 is 11.1 Å². The Hall–Kier alpha value is -3.19. The molecule has 0 aliphatic rings. The highest BCUT2D eigenvalue weighted by Gasteiger charge is 2.15. The molecule has 0 unspecified atom stereocenters. The van der Waals surface area contributed by atoms with Gasteiger partial charge in [0.05, 0.1) is 10.2 Å². The van der Waals surface area contributed by atoms with Gasteiger partial charge in [-0.25, -0.2) is 4.98 Å². The summed E-state index contributed by atoms with van der Waals surface area (Å²) in [5, 5.41) is 3.45. The number of anilines is 2. The molecule has 0 saturated carbocycles. The van der Waals surface area contributed by atoms with E-state index in [1.807, 2.05) is 30.3 Å². The van der Waals surface area contributed by atoms with E-state index in [0.29, 0.717) is 23.0 Å². The monoisotopic (exact) mass is 335 g/mol. The van der Waals surface area contributed by atoms with Crippen LogP contribution in [0.4, 0.5) is 11.8 Å². The second-order valence-corrected chi connectivity index (χ2v) is 6.18. The summed E-state index contributed by atoms with van der Waals surface area (Å²) in [5.41, 5.74) is 8.05. The van der Waals surface area contributed by atoms with Crippen LogP contribution in [-0.4, -0.2) is 20.9 Å². The molecule has 4 rings (SSSR count). The minimum atomic E-state index is -0.250. The maximum Gasteiger partial charge on any atom is 0.257 e. The van der Waals surface area contributed by atoms with E-state index in [-0.39, 0.29) is 5.91 Å². The fourth-order valence-electron chi connectivity index (χ4n) is 2.36. The molecule has 4 N–H and O–H groups in total. The summed E-state index contributed by atoms with van der Waals surface area (Å²) in [6.45, 7) is 0. The van der Waals surface area contributed by atoms with Gasteiger partial charge in [-0.3, -0.25) is 10.1 Å². The largest absolute Gasteiger partial charge is 0.382 e. The van der Waals surface area contributed by atoms with Crippen molar-refractivity contribution < 1.29 is 4.79 Å². The molecular formula is C17H13N5OS. The fourth-order valence-corrected chi connectivity index (χ4v) is 3.33. The predicted octanol–water partition coefficient (Wildman–Crippen LogP) is 3.52. The molecule has 0 aliphatic carbocycles. The van der Waals surface area contributed by atoms with Crippen molar-refractivity contribution in [3.63, 3.8) is 0 Å². The van der Waals surface area contributed by atoms with Crippen LogP contribution in [0.2, 0.25) is 0 Å². The first-order valence-corrected chi connectivity index (χ1v) is 8.10. The number of amides is 1. The normalized spacial score (nSPS) is 10.8. The molecule has 2 aromatic heterocycles. The second kappa shape index (κ2) is 5.78. The number of carbonyl (C=O) groups is 1. The number of nitrogens with zero attached hydrogens (tertiary/aromatic N) is 2. The third-order valence-corrected chi connectivity index (χ3v) is 4.56. The van der Waals surface area contributed by atoms with Crippen molar-refractivity contribution in [3.8, 4) is 10.7 Å². The standard InChI is InChI=1S/C17H13N5OS/c18-14-13(16-19-11-8-4-5-9-12(11)24-16)20-17(21-14)22-15(23)10-6-2-1-3-7-10/h1-9H,18H2,(H2,20,21,22,23). The molecule has 0 aliphatic heterocycles. The van der Waals surface area contributed by atoms with Gasteiger partial charge in [0.2, 0.25) is 5.95 Å². The number of benzene rings is 2. The number of carbonyl (C=O) groups excluding carboxylic acids is 1. The molecule has 0 radical (unpaired) electrons. The van der Waals surface area contributed by atoms with Crippen LogP contribution in [-0.2, 0) is 0 Å². The highest BCUT2D eigenvalue weighted by Crippen LogP contribution is 2.32. The van der Waals surface area contributed by atoms with Crippen LogP contribution in [0.3, 0.4) is 0 Å². The summed E-state index contributed by atoms with van der Waals surface area (Å²) < 4.78 is 1.07. The molecule has 2 aromatic carbocycles. The summed E-state index contributed by atoms with van der Waals surface area (Å²) in [6, 6.07) is 16.8. The third kappa shape index (κ3) is 2.61. The van der Waals surface area contributed by atoms with E-state index in [0.717, 1.165) is 15.2 Å². The van der Waals surface area contributed by atoms with Gasteiger partial charge in [0.15, 0.2) is 5.82 Å². The average molecular weight is 335 g/mol. The van der Waals surface area contributed by atoms with Crippen molar-refractivity contribution >= 4 is 39.2 Å². The molecule has 1 amide bonds. The first-order chi connectivity index (χ1) is 11.7. The SMILES string of the molecule is Nc1nc(NC(=O)c2ccccc2)[nH]c1-c1nc2ccccc2s1. The van der Waals surface area contributed by atoms with Crippen LogP contribution in [0.15, 0.2) is 54.6 Å². The number of para-hydroxylation sites is 1. The number of rotatable bonds is 3. The van der Waals surface area contributed by atoms with Gasteiger partial charge in [0, 0.05) is 5.56 Å². The van der Waals surface area contributed by atoms with E-state index in [2.05, 4.69) is 20.3 Å². The van der Waals surface area contributed by atoms with Crippen LogP contribution in [0.5, 0.6) is 0 Å². The first kappa shape index (κ1) is 14.4. The zero-order valence-electron chi connectivity index (χ0n) is 12.5. The summed E-state index contributed by atoms with van der Waals surface area (Å²) in [7, 11) is 0. The van der Waals surface area contributed by atoms with E-state index < -0.39 is 0 Å². The molecule has 2 heterocycles. The predicted molar refractivity (Wildman–Crippen MR) is 96.0 cm³/mol. The number of hydrogen-bond acceptors (Lipinski definition) is 5. The summed E-state index contributed by atoms with van der Waals surface area (Å²) in [6.07, 6.45) is 0. The number of hydrogen-bond donors (Lipinski definition) is 3. The van der Waals surface area contributed by atoms with Gasteiger partial charge in [-0.15, -0.1) is 11.3 Å². The first-order valence-electron chi connectivity index (χ1n) is 7.28. The summed E-state index contributed by atoms with van der Waals surface area (Å²) >= 11 is 1.52. The number of imidazole rings is 1. The quantitative estimate of drug-likeness (QED) is 0.533. The Morgan fingerprint density at radius 1 is 1.04 bits per heavy atom. The smallest absolute Gasteiger partial charge is 0.257 e. The minimum Gasteiger partial charge on any atom is -0.382 e. The van der Waals surface area contributed by atoms with E-state index in [9.17, 15) is 4.79 Å². The van der Waals surface area contributed by atoms with Gasteiger partial charge >= 0.3 is 0 Å². The summed E-state index contributed by atoms with van der Waals surface area (Å²) in [4.78, 5) is 24.0. The highest BCUT2D eigenvalue weighted by molar-refractivity contribution is 7.21. The minimum absolute atomic E-state index is 0.250. The Kier molecular flexibility index (Phi) is 3.47. The van der Waals surface area contributed by atoms with Gasteiger partial charge in [0.1, 0.15) is 10.7 Å². The number of fused-ring (bicyclic) bond motifs is 1. The maximum absolute atomic E-state index is 12.2. The lowest BCUT2D eigenvalue weighted by atomic mass is 10.2. The zero-order valence-corrected chi connectivity index (χ0v) is 13.3. The molecule has 6 nitrogen and oxygen atoms in total. The average Bonchev–Trinajstić information content (AvgIpc) is 3.18. The van der Waals surface area contributed by atoms with Crippen molar-refractivity contribution in [1.82, 2.24) is 15.0 Å².